The monoisotopic (exact) mass is 681 g/mol. The Hall–Kier alpha value is -0.0800. The predicted molar refractivity (Wildman–Crippen MR) is 219 cm³/mol. The second-order valence-corrected chi connectivity index (χ2v) is 15.8. The Morgan fingerprint density at radius 2 is 0.458 bits per heavy atom. The van der Waals surface area contributed by atoms with Gasteiger partial charge in [0.1, 0.15) is 0 Å². The number of unbranched alkanes of at least 4 members (excludes halogenated alkanes) is 31. The molecule has 0 aliphatic carbocycles. The molecule has 0 spiro atoms. The van der Waals surface area contributed by atoms with Gasteiger partial charge in [-0.1, -0.05) is 252 Å². The van der Waals surface area contributed by atoms with Crippen LogP contribution >= 0.6 is 0 Å². The van der Waals surface area contributed by atoms with Gasteiger partial charge in [-0.2, -0.15) is 0 Å². The van der Waals surface area contributed by atoms with E-state index in [0.717, 1.165) is 12.8 Å². The van der Waals surface area contributed by atoms with Gasteiger partial charge in [0.15, 0.2) is 0 Å². The van der Waals surface area contributed by atoms with Crippen LogP contribution in [0.1, 0.15) is 278 Å². The van der Waals surface area contributed by atoms with Crippen LogP contribution < -0.4 is 0 Å². The summed E-state index contributed by atoms with van der Waals surface area (Å²) in [6, 6.07) is 0. The van der Waals surface area contributed by atoms with E-state index in [1.165, 1.54) is 238 Å². The minimum absolute atomic E-state index is 0.0271. The Morgan fingerprint density at radius 3 is 0.667 bits per heavy atom. The van der Waals surface area contributed by atoms with Crippen molar-refractivity contribution in [3.05, 3.63) is 0 Å². The number of aliphatic hydroxyl groups excluding tert-OH is 2. The zero-order valence-electron chi connectivity index (χ0n) is 34.3. The predicted octanol–water partition coefficient (Wildman–Crippen LogP) is 16.2. The van der Waals surface area contributed by atoms with Gasteiger partial charge < -0.3 is 10.2 Å². The summed E-state index contributed by atoms with van der Waals surface area (Å²) in [5.41, 5.74) is 0. The normalized spacial score (nSPS) is 12.6. The van der Waals surface area contributed by atoms with Crippen LogP contribution in [0.5, 0.6) is 0 Å². The van der Waals surface area contributed by atoms with E-state index in [2.05, 4.69) is 27.7 Å². The molecule has 0 aromatic carbocycles. The van der Waals surface area contributed by atoms with Crippen molar-refractivity contribution in [2.45, 2.75) is 284 Å². The molecular formula is C46H96O2. The number of rotatable bonds is 40. The van der Waals surface area contributed by atoms with Crippen molar-refractivity contribution in [1.29, 1.82) is 0 Å². The van der Waals surface area contributed by atoms with Gasteiger partial charge in [0.05, 0.1) is 6.10 Å². The molecule has 0 radical (unpaired) electrons. The number of aliphatic hydroxyl groups is 2. The van der Waals surface area contributed by atoms with Crippen LogP contribution in [-0.4, -0.2) is 22.9 Å². The summed E-state index contributed by atoms with van der Waals surface area (Å²) in [5, 5.41) is 19.6. The van der Waals surface area contributed by atoms with Crippen molar-refractivity contribution in [3.63, 3.8) is 0 Å². The third kappa shape index (κ3) is 45.9. The lowest BCUT2D eigenvalue weighted by molar-refractivity contribution is 0.147. The molecule has 0 aromatic heterocycles. The Labute approximate surface area is 306 Å². The lowest BCUT2D eigenvalue weighted by Crippen LogP contribution is -2.06. The van der Waals surface area contributed by atoms with Crippen LogP contribution in [0.15, 0.2) is 0 Å². The molecule has 0 bridgehead atoms. The van der Waals surface area contributed by atoms with Crippen molar-refractivity contribution >= 4 is 0 Å². The summed E-state index contributed by atoms with van der Waals surface area (Å²) in [6.07, 6.45) is 53.0. The largest absolute Gasteiger partial charge is 0.396 e. The Bertz CT molecular complexity index is 520. The average Bonchev–Trinajstić information content (AvgIpc) is 3.10. The van der Waals surface area contributed by atoms with Crippen molar-refractivity contribution in [1.82, 2.24) is 0 Å². The standard InChI is InChI=1S/C26H54O.C20H42O/c1-3-5-7-9-11-13-14-16-18-20-22-24-26(25-27)23-21-19-17-15-12-10-8-6-4-2;1-3-5-7-9-11-12-13-15-17-19-20(21)18-16-14-10-8-6-4-2/h26-27H,3-25H2,1-2H3;20-21H,3-19H2,1-2H3. The Kier molecular flexibility index (Phi) is 48.9. The molecule has 48 heavy (non-hydrogen) atoms. The van der Waals surface area contributed by atoms with Crippen molar-refractivity contribution in [2.24, 2.45) is 5.92 Å². The van der Waals surface area contributed by atoms with Gasteiger partial charge in [0.2, 0.25) is 0 Å². The molecule has 0 saturated carbocycles. The SMILES string of the molecule is CCCCCCCCCCCC(O)CCCCCCCC.CCCCCCCCCCCCCC(CO)CCCCCCCCCCC. The topological polar surface area (TPSA) is 40.5 Å². The van der Waals surface area contributed by atoms with Gasteiger partial charge in [0.25, 0.3) is 0 Å². The van der Waals surface area contributed by atoms with E-state index in [4.69, 9.17) is 0 Å². The molecule has 292 valence electrons. The average molecular weight is 681 g/mol. The van der Waals surface area contributed by atoms with Gasteiger partial charge in [-0.25, -0.2) is 0 Å². The summed E-state index contributed by atoms with van der Waals surface area (Å²) < 4.78 is 0. The van der Waals surface area contributed by atoms with Crippen LogP contribution in [-0.2, 0) is 0 Å². The number of hydrogen-bond donors (Lipinski definition) is 2. The third-order valence-electron chi connectivity index (χ3n) is 10.7. The van der Waals surface area contributed by atoms with E-state index in [0.29, 0.717) is 12.5 Å². The molecule has 0 aromatic rings. The van der Waals surface area contributed by atoms with E-state index in [9.17, 15) is 10.2 Å². The zero-order valence-corrected chi connectivity index (χ0v) is 34.3. The molecule has 0 rings (SSSR count). The molecule has 0 heterocycles. The summed E-state index contributed by atoms with van der Waals surface area (Å²) >= 11 is 0. The summed E-state index contributed by atoms with van der Waals surface area (Å²) in [6.45, 7) is 9.52. The van der Waals surface area contributed by atoms with E-state index in [-0.39, 0.29) is 6.10 Å². The van der Waals surface area contributed by atoms with Gasteiger partial charge in [-0.05, 0) is 31.6 Å². The van der Waals surface area contributed by atoms with E-state index < -0.39 is 0 Å². The van der Waals surface area contributed by atoms with Gasteiger partial charge in [0, 0.05) is 6.61 Å². The molecule has 0 aliphatic rings. The summed E-state index contributed by atoms with van der Waals surface area (Å²) in [7, 11) is 0. The Balaban J connectivity index is 0. The highest BCUT2D eigenvalue weighted by atomic mass is 16.3. The van der Waals surface area contributed by atoms with Crippen LogP contribution in [0.2, 0.25) is 0 Å². The van der Waals surface area contributed by atoms with Crippen molar-refractivity contribution in [3.8, 4) is 0 Å². The minimum atomic E-state index is -0.0271. The lowest BCUT2D eigenvalue weighted by Gasteiger charge is -2.13. The maximum absolute atomic E-state index is 9.95. The maximum Gasteiger partial charge on any atom is 0.0540 e. The third-order valence-corrected chi connectivity index (χ3v) is 10.7. The molecule has 2 atom stereocenters. The molecule has 0 aliphatic heterocycles. The second kappa shape index (κ2) is 46.9. The van der Waals surface area contributed by atoms with Crippen molar-refractivity contribution < 1.29 is 10.2 Å². The van der Waals surface area contributed by atoms with Crippen LogP contribution in [0.4, 0.5) is 0 Å². The first-order chi connectivity index (χ1) is 23.7. The molecule has 2 unspecified atom stereocenters. The molecule has 0 fully saturated rings. The highest BCUT2D eigenvalue weighted by Crippen LogP contribution is 2.20. The van der Waals surface area contributed by atoms with Crippen LogP contribution in [0, 0.1) is 5.92 Å². The first kappa shape index (κ1) is 50.0. The van der Waals surface area contributed by atoms with Crippen LogP contribution in [0.25, 0.3) is 0 Å². The van der Waals surface area contributed by atoms with E-state index >= 15 is 0 Å². The fourth-order valence-corrected chi connectivity index (χ4v) is 7.16. The summed E-state index contributed by atoms with van der Waals surface area (Å²) in [4.78, 5) is 0. The van der Waals surface area contributed by atoms with E-state index in [1.54, 1.807) is 0 Å². The highest BCUT2D eigenvalue weighted by Gasteiger charge is 2.07. The minimum Gasteiger partial charge on any atom is -0.396 e. The second-order valence-electron chi connectivity index (χ2n) is 15.8. The fourth-order valence-electron chi connectivity index (χ4n) is 7.16. The molecule has 0 saturated heterocycles. The summed E-state index contributed by atoms with van der Waals surface area (Å²) in [5.74, 6) is 0.577. The Morgan fingerprint density at radius 1 is 0.271 bits per heavy atom. The van der Waals surface area contributed by atoms with Gasteiger partial charge >= 0.3 is 0 Å². The fraction of sp³-hybridized carbons (Fsp3) is 1.00. The first-order valence-corrected chi connectivity index (χ1v) is 22.9. The quantitative estimate of drug-likeness (QED) is 0.0632. The van der Waals surface area contributed by atoms with E-state index in [1.807, 2.05) is 0 Å². The lowest BCUT2D eigenvalue weighted by atomic mass is 9.94. The molecule has 2 heteroatoms. The highest BCUT2D eigenvalue weighted by molar-refractivity contribution is 4.60. The molecule has 2 N–H and O–H groups in total. The first-order valence-electron chi connectivity index (χ1n) is 22.9. The molecule has 2 nitrogen and oxygen atoms in total. The smallest absolute Gasteiger partial charge is 0.0540 e. The van der Waals surface area contributed by atoms with Crippen molar-refractivity contribution in [2.75, 3.05) is 6.61 Å². The maximum atomic E-state index is 9.95. The number of hydrogen-bond acceptors (Lipinski definition) is 2. The molecular weight excluding hydrogens is 585 g/mol. The van der Waals surface area contributed by atoms with Crippen LogP contribution in [0.3, 0.4) is 0 Å². The zero-order chi connectivity index (χ0) is 35.4. The van der Waals surface area contributed by atoms with Gasteiger partial charge in [-0.15, -0.1) is 0 Å². The van der Waals surface area contributed by atoms with Gasteiger partial charge in [-0.3, -0.25) is 0 Å². The molecule has 0 amide bonds.